The molecule has 0 saturated heterocycles. The van der Waals surface area contributed by atoms with E-state index >= 15 is 0 Å². The van der Waals surface area contributed by atoms with Crippen LogP contribution in [0.5, 0.6) is 5.75 Å². The summed E-state index contributed by atoms with van der Waals surface area (Å²) in [5.41, 5.74) is 2.43. The first kappa shape index (κ1) is 17.7. The predicted octanol–water partition coefficient (Wildman–Crippen LogP) is 4.03. The van der Waals surface area contributed by atoms with E-state index in [4.69, 9.17) is 0 Å². The van der Waals surface area contributed by atoms with Crippen molar-refractivity contribution in [2.24, 2.45) is 5.41 Å². The molecule has 0 fully saturated rings. The summed E-state index contributed by atoms with van der Waals surface area (Å²) in [6.45, 7) is 13.1. The summed E-state index contributed by atoms with van der Waals surface area (Å²) in [6, 6.07) is 5.97. The molecule has 17 heavy (non-hydrogen) atoms. The maximum absolute atomic E-state index is 10.0. The summed E-state index contributed by atoms with van der Waals surface area (Å²) in [5.74, 6) is 0.425. The normalized spacial score (nSPS) is 12.1. The van der Waals surface area contributed by atoms with Crippen LogP contribution in [0.1, 0.15) is 52.2 Å². The van der Waals surface area contributed by atoms with Crippen LogP contribution < -0.4 is 0 Å². The van der Waals surface area contributed by atoms with Gasteiger partial charge in [-0.15, -0.1) is 0 Å². The number of phenols is 1. The summed E-state index contributed by atoms with van der Waals surface area (Å²) < 4.78 is 0. The Kier molecular flexibility index (Phi) is 6.44. The zero-order chi connectivity index (χ0) is 12.6. The van der Waals surface area contributed by atoms with Crippen molar-refractivity contribution < 1.29 is 5.11 Å². The van der Waals surface area contributed by atoms with Crippen molar-refractivity contribution in [3.63, 3.8) is 0 Å². The van der Waals surface area contributed by atoms with Crippen LogP contribution in [0.4, 0.5) is 0 Å². The molecule has 0 aromatic heterocycles. The van der Waals surface area contributed by atoms with Gasteiger partial charge in [-0.05, 0) is 41.4 Å². The molecular formula is C15H24KO. The minimum Gasteiger partial charge on any atom is -0.508 e. The number of aryl methyl sites for hydroxylation is 1. The third-order valence-corrected chi connectivity index (χ3v) is 2.85. The molecule has 1 aromatic carbocycles. The Morgan fingerprint density at radius 3 is 2.00 bits per heavy atom. The van der Waals surface area contributed by atoms with Crippen LogP contribution in [0.15, 0.2) is 18.2 Å². The van der Waals surface area contributed by atoms with E-state index in [-0.39, 0.29) is 62.2 Å². The number of hydrogen-bond donors (Lipinski definition) is 1. The second kappa shape index (κ2) is 6.20. The first-order valence-corrected chi connectivity index (χ1v) is 5.92. The van der Waals surface area contributed by atoms with E-state index in [1.165, 1.54) is 0 Å². The Balaban J connectivity index is 0.00000256. The number of hydrogen-bond acceptors (Lipinski definition) is 1. The van der Waals surface area contributed by atoms with Crippen molar-refractivity contribution in [1.29, 1.82) is 0 Å². The van der Waals surface area contributed by atoms with E-state index in [1.807, 2.05) is 13.0 Å². The smallest absolute Gasteiger partial charge is 0.119 e. The fourth-order valence-corrected chi connectivity index (χ4v) is 2.64. The van der Waals surface area contributed by atoms with Gasteiger partial charge in [-0.3, -0.25) is 0 Å². The molecule has 1 nitrogen and oxygen atoms in total. The van der Waals surface area contributed by atoms with Gasteiger partial charge < -0.3 is 5.11 Å². The molecule has 1 N–H and O–H groups in total. The van der Waals surface area contributed by atoms with E-state index in [0.29, 0.717) is 5.75 Å². The second-order valence-corrected chi connectivity index (χ2v) is 6.64. The van der Waals surface area contributed by atoms with Gasteiger partial charge in [0.15, 0.2) is 0 Å². The van der Waals surface area contributed by atoms with Gasteiger partial charge >= 0.3 is 0 Å². The quantitative estimate of drug-likeness (QED) is 0.795. The third-order valence-electron chi connectivity index (χ3n) is 2.85. The van der Waals surface area contributed by atoms with Gasteiger partial charge in [-0.25, -0.2) is 0 Å². The van der Waals surface area contributed by atoms with E-state index in [2.05, 4.69) is 46.8 Å². The molecule has 2 heteroatoms. The van der Waals surface area contributed by atoms with Gasteiger partial charge in [-0.1, -0.05) is 46.8 Å². The monoisotopic (exact) mass is 259 g/mol. The van der Waals surface area contributed by atoms with Crippen molar-refractivity contribution in [3.05, 3.63) is 29.3 Å². The Morgan fingerprint density at radius 2 is 1.59 bits per heavy atom. The fourth-order valence-electron chi connectivity index (χ4n) is 2.64. The molecule has 91 valence electrons. The van der Waals surface area contributed by atoms with E-state index in [0.717, 1.165) is 17.5 Å². The summed E-state index contributed by atoms with van der Waals surface area (Å²) >= 11 is 0. The van der Waals surface area contributed by atoms with Crippen LogP contribution in [0, 0.1) is 12.3 Å². The van der Waals surface area contributed by atoms with Crippen molar-refractivity contribution in [1.82, 2.24) is 0 Å². The zero-order valence-electron chi connectivity index (χ0n) is 12.4. The first-order chi connectivity index (χ1) is 7.12. The van der Waals surface area contributed by atoms with Gasteiger partial charge in [0, 0.05) is 51.4 Å². The average Bonchev–Trinajstić information content (AvgIpc) is 1.97. The number of benzene rings is 1. The maximum Gasteiger partial charge on any atom is 0.119 e. The van der Waals surface area contributed by atoms with Crippen LogP contribution in [-0.2, 0) is 5.41 Å². The number of aromatic hydroxyl groups is 1. The molecule has 0 unspecified atom stereocenters. The fraction of sp³-hybridized carbons (Fsp3) is 0.600. The average molecular weight is 259 g/mol. The predicted molar refractivity (Wildman–Crippen MR) is 75.7 cm³/mol. The van der Waals surface area contributed by atoms with E-state index in [1.54, 1.807) is 0 Å². The Morgan fingerprint density at radius 1 is 1.06 bits per heavy atom. The Hall–Kier alpha value is 0.656. The topological polar surface area (TPSA) is 20.2 Å². The van der Waals surface area contributed by atoms with Crippen LogP contribution in [-0.4, -0.2) is 56.5 Å². The second-order valence-electron chi connectivity index (χ2n) is 6.64. The van der Waals surface area contributed by atoms with Crippen LogP contribution >= 0.6 is 0 Å². The Bertz CT molecular complexity index is 375. The van der Waals surface area contributed by atoms with Crippen LogP contribution in [0.3, 0.4) is 0 Å². The molecule has 0 aliphatic heterocycles. The minimum atomic E-state index is 0. The minimum absolute atomic E-state index is 0. The summed E-state index contributed by atoms with van der Waals surface area (Å²) in [7, 11) is 0. The van der Waals surface area contributed by atoms with E-state index in [9.17, 15) is 5.11 Å². The molecular weight excluding hydrogens is 235 g/mol. The van der Waals surface area contributed by atoms with Crippen molar-refractivity contribution in [2.75, 3.05) is 0 Å². The molecule has 0 bridgehead atoms. The van der Waals surface area contributed by atoms with Gasteiger partial charge in [0.05, 0.1) is 0 Å². The molecule has 0 aliphatic carbocycles. The number of phenolic OH excluding ortho intramolecular Hbond substituents is 1. The van der Waals surface area contributed by atoms with Gasteiger partial charge in [0.25, 0.3) is 0 Å². The molecule has 0 spiro atoms. The number of rotatable bonds is 2. The first-order valence-electron chi connectivity index (χ1n) is 5.92. The summed E-state index contributed by atoms with van der Waals surface area (Å²) in [4.78, 5) is 0. The molecule has 0 aliphatic rings. The maximum atomic E-state index is 10.0. The molecule has 0 atom stereocenters. The Labute approximate surface area is 148 Å². The van der Waals surface area contributed by atoms with Gasteiger partial charge in [-0.2, -0.15) is 0 Å². The van der Waals surface area contributed by atoms with Crippen molar-refractivity contribution >= 4 is 51.4 Å². The molecule has 0 heterocycles. The largest absolute Gasteiger partial charge is 0.508 e. The SMILES string of the molecule is Cc1ccc(C(C)(C)CC(C)(C)C)c(O)c1.[K]. The third kappa shape index (κ3) is 5.44. The molecule has 0 saturated carbocycles. The van der Waals surface area contributed by atoms with Crippen molar-refractivity contribution in [3.8, 4) is 5.75 Å². The van der Waals surface area contributed by atoms with E-state index < -0.39 is 0 Å². The summed E-state index contributed by atoms with van der Waals surface area (Å²) in [5, 5.41) is 10.0. The van der Waals surface area contributed by atoms with Gasteiger partial charge in [0.1, 0.15) is 5.75 Å². The van der Waals surface area contributed by atoms with Crippen LogP contribution in [0.2, 0.25) is 0 Å². The zero-order valence-corrected chi connectivity index (χ0v) is 15.5. The summed E-state index contributed by atoms with van der Waals surface area (Å²) in [6.07, 6.45) is 1.05. The molecule has 1 aromatic rings. The molecule has 1 radical (unpaired) electrons. The van der Waals surface area contributed by atoms with Crippen molar-refractivity contribution in [2.45, 2.75) is 53.4 Å². The van der Waals surface area contributed by atoms with Gasteiger partial charge in [0.2, 0.25) is 0 Å². The van der Waals surface area contributed by atoms with Crippen LogP contribution in [0.25, 0.3) is 0 Å². The standard InChI is InChI=1S/C15H24O.K/c1-11-7-8-12(13(16)9-11)15(5,6)10-14(2,3)4;/h7-9,16H,10H2,1-6H3;. The molecule has 1 rings (SSSR count). The molecule has 0 amide bonds.